The molecular weight excluding hydrogens is 1610 g/mol. The summed E-state index contributed by atoms with van der Waals surface area (Å²) in [5, 5.41) is 0. The zero-order valence-corrected chi connectivity index (χ0v) is 74.4. The van der Waals surface area contributed by atoms with Gasteiger partial charge in [-0.25, -0.2) is 0 Å². The fraction of sp³-hybridized carbons (Fsp3) is 0.827. The number of esters is 13. The molecule has 0 rings (SSSR count). The summed E-state index contributed by atoms with van der Waals surface area (Å²) in [5.74, 6) is -4.52. The van der Waals surface area contributed by atoms with Gasteiger partial charge in [-0.1, -0.05) is 41.5 Å². The molecular formula is C75H132N6O27S6. The molecule has 39 heteroatoms. The summed E-state index contributed by atoms with van der Waals surface area (Å²) in [6, 6.07) is 0. The summed E-state index contributed by atoms with van der Waals surface area (Å²) in [6.45, 7) is 16.4. The zero-order chi connectivity index (χ0) is 85.3. The molecule has 0 aliphatic carbocycles. The van der Waals surface area contributed by atoms with Gasteiger partial charge in [-0.2, -0.15) is 72.3 Å². The van der Waals surface area contributed by atoms with Gasteiger partial charge in [0, 0.05) is 151 Å². The van der Waals surface area contributed by atoms with Crippen molar-refractivity contribution in [1.82, 2.24) is 29.4 Å². The number of methoxy groups -OCH3 is 1. The molecule has 6 atom stereocenters. The lowest BCUT2D eigenvalue weighted by molar-refractivity contribution is -0.154. The fourth-order valence-electron chi connectivity index (χ4n) is 9.33. The molecule has 0 heterocycles. The lowest BCUT2D eigenvalue weighted by Gasteiger charge is -2.29. The summed E-state index contributed by atoms with van der Waals surface area (Å²) >= 11 is 14.2. The van der Waals surface area contributed by atoms with Crippen LogP contribution in [0.15, 0.2) is 0 Å². The van der Waals surface area contributed by atoms with Crippen LogP contribution in [0.2, 0.25) is 0 Å². The van der Waals surface area contributed by atoms with Crippen LogP contribution in [0.4, 0.5) is 0 Å². The first-order valence-corrected chi connectivity index (χ1v) is 45.0. The summed E-state index contributed by atoms with van der Waals surface area (Å²) in [7, 11) is 7.24. The number of ether oxygens (including phenoxy) is 14. The van der Waals surface area contributed by atoms with E-state index in [2.05, 4.69) is 30.2 Å². The van der Waals surface area contributed by atoms with Crippen LogP contribution < -0.4 is 0 Å². The third-order valence-electron chi connectivity index (χ3n) is 16.7. The first-order valence-electron chi connectivity index (χ1n) is 38.6. The first-order chi connectivity index (χ1) is 54.5. The molecule has 6 unspecified atom stereocenters. The summed E-state index contributed by atoms with van der Waals surface area (Å²) in [5.41, 5.74) is 0. The molecule has 0 aromatic carbocycles. The van der Waals surface area contributed by atoms with Crippen molar-refractivity contribution >= 4 is 150 Å². The third kappa shape index (κ3) is 61.3. The summed E-state index contributed by atoms with van der Waals surface area (Å²) in [6.07, 6.45) is 4.16. The minimum atomic E-state index is -0.521. The highest BCUT2D eigenvalue weighted by molar-refractivity contribution is 7.99. The van der Waals surface area contributed by atoms with Gasteiger partial charge in [0.15, 0.2) is 0 Å². The van der Waals surface area contributed by atoms with E-state index in [4.69, 9.17) is 66.3 Å². The first kappa shape index (κ1) is 109. The van der Waals surface area contributed by atoms with Crippen LogP contribution in [0, 0.1) is 35.5 Å². The molecule has 660 valence electrons. The highest BCUT2D eigenvalue weighted by Crippen LogP contribution is 2.15. The number of nitrogens with zero attached hydrogens (tertiary/aromatic N) is 6. The molecule has 0 aliphatic heterocycles. The molecule has 0 aromatic heterocycles. The second-order valence-electron chi connectivity index (χ2n) is 27.1. The van der Waals surface area contributed by atoms with Crippen LogP contribution >= 0.6 is 72.3 Å². The van der Waals surface area contributed by atoms with Gasteiger partial charge >= 0.3 is 77.6 Å². The number of likely N-dealkylation sites (N-methyl/N-ethyl adjacent to an activating group) is 3. The Morgan fingerprint density at radius 3 is 0.693 bits per heavy atom. The van der Waals surface area contributed by atoms with Crippen LogP contribution in [-0.4, -0.2) is 384 Å². The van der Waals surface area contributed by atoms with Gasteiger partial charge in [0.25, 0.3) is 0 Å². The second-order valence-corrected chi connectivity index (χ2v) is 31.9. The third-order valence-corrected chi connectivity index (χ3v) is 21.9. The monoisotopic (exact) mass is 1740 g/mol. The van der Waals surface area contributed by atoms with Crippen LogP contribution in [-0.2, 0) is 129 Å². The quantitative estimate of drug-likeness (QED) is 0.0376. The lowest BCUT2D eigenvalue weighted by Crippen LogP contribution is -2.42. The van der Waals surface area contributed by atoms with Crippen molar-refractivity contribution in [2.24, 2.45) is 35.5 Å². The van der Waals surface area contributed by atoms with Gasteiger partial charge in [0.2, 0.25) is 0 Å². The molecule has 33 nitrogen and oxygen atoms in total. The average molecular weight is 1740 g/mol. The van der Waals surface area contributed by atoms with Crippen LogP contribution in [0.5, 0.6) is 0 Å². The Labute approximate surface area is 703 Å². The molecule has 0 aliphatic rings. The number of carbonyl (C=O) groups excluding carboxylic acids is 13. The number of thioether (sulfide) groups is 4. The van der Waals surface area contributed by atoms with Crippen molar-refractivity contribution < 1.29 is 129 Å². The Hall–Kier alpha value is -5.07. The van der Waals surface area contributed by atoms with Crippen molar-refractivity contribution in [1.29, 1.82) is 0 Å². The second kappa shape index (κ2) is 70.9. The van der Waals surface area contributed by atoms with Gasteiger partial charge < -0.3 is 90.8 Å². The van der Waals surface area contributed by atoms with E-state index in [0.717, 1.165) is 0 Å². The molecule has 114 heavy (non-hydrogen) atoms. The topological polar surface area (TPSA) is 371 Å². The molecule has 0 bridgehead atoms. The maximum absolute atomic E-state index is 12.9. The Morgan fingerprint density at radius 1 is 0.263 bits per heavy atom. The Morgan fingerprint density at radius 2 is 0.465 bits per heavy atom. The number of carbonyl (C=O) groups is 13. The molecule has 0 saturated carbocycles. The minimum absolute atomic E-state index is 0.00449. The standard InChI is InChI=1S/C75H132N6O27S6/c1-57(51-109)70(89)103-43-37-99-66(85)16-23-79(24-17-67(86)100-38-44-104-71(90)58(2)52-110)33-49-113-55-61(5)74(93)107-47-39-97-64(83)14-21-77(8)28-31-81(30-27-76(7)20-13-63(82)96-36-35-95-10)32-29-78(9)22-15-65(84)98-40-48-108-75(94)62(6)56-114-50-34-80(25-18-68(87)101-41-45-105-72(91)59(3)53-111-11)26-19-69(88)102-42-46-106-73(92)60(4)54-112-12/h57-62,109-110H,13-56H2,1-12H3. The SMILES string of the molecule is COCCOC(=O)CCN(C)CCN(CCN(C)CCC(=O)OCCOC(=O)C(C)CSCCN(CCC(=O)OCCOC(=O)C(C)CS)CCC(=O)OCCOC(=O)C(C)CS)CCN(C)CCC(=O)OCCOC(=O)C(C)CSCCN(CCC(=O)OCCOC(=O)C(C)CSC)CCC(=O)OCCOC(=O)C(C)CSC. The number of rotatable bonds is 73. The van der Waals surface area contributed by atoms with E-state index >= 15 is 0 Å². The maximum atomic E-state index is 12.9. The lowest BCUT2D eigenvalue weighted by atomic mass is 10.2. The van der Waals surface area contributed by atoms with Gasteiger partial charge in [0.1, 0.15) is 85.9 Å². The summed E-state index contributed by atoms with van der Waals surface area (Å²) in [4.78, 5) is 174. The molecule has 0 N–H and O–H groups in total. The zero-order valence-electron chi connectivity index (χ0n) is 69.3. The molecule has 0 spiro atoms. The largest absolute Gasteiger partial charge is 0.463 e. The van der Waals surface area contributed by atoms with E-state index in [9.17, 15) is 62.3 Å². The predicted molar refractivity (Wildman–Crippen MR) is 443 cm³/mol. The molecule has 0 saturated heterocycles. The predicted octanol–water partition coefficient (Wildman–Crippen LogP) is 4.00. The number of hydrogen-bond donors (Lipinski definition) is 2. The van der Waals surface area contributed by atoms with Crippen molar-refractivity contribution in [2.45, 2.75) is 86.5 Å². The van der Waals surface area contributed by atoms with E-state index in [-0.39, 0.29) is 187 Å². The van der Waals surface area contributed by atoms with Crippen LogP contribution in [0.25, 0.3) is 0 Å². The minimum Gasteiger partial charge on any atom is -0.463 e. The fourth-order valence-corrected chi connectivity index (χ4v) is 13.0. The highest BCUT2D eigenvalue weighted by atomic mass is 32.2. The van der Waals surface area contributed by atoms with E-state index in [1.165, 1.54) is 54.2 Å². The molecule has 0 radical (unpaired) electrons. The van der Waals surface area contributed by atoms with E-state index in [0.29, 0.717) is 125 Å². The Kier molecular flexibility index (Phi) is 67.7. The average Bonchev–Trinajstić information content (AvgIpc) is 0.941. The molecule has 0 aromatic rings. The Bertz CT molecular complexity index is 2630. The van der Waals surface area contributed by atoms with E-state index in [1.807, 2.05) is 58.2 Å². The van der Waals surface area contributed by atoms with Crippen molar-refractivity contribution in [3.63, 3.8) is 0 Å². The van der Waals surface area contributed by atoms with Gasteiger partial charge in [-0.15, -0.1) is 0 Å². The highest BCUT2D eigenvalue weighted by Gasteiger charge is 2.23. The van der Waals surface area contributed by atoms with E-state index in [1.54, 1.807) is 41.5 Å². The van der Waals surface area contributed by atoms with Gasteiger partial charge in [-0.3, -0.25) is 67.2 Å². The van der Waals surface area contributed by atoms with Gasteiger partial charge in [-0.05, 0) is 33.7 Å². The Balaban J connectivity index is 5.22. The number of hydrogen-bond acceptors (Lipinski definition) is 39. The van der Waals surface area contributed by atoms with E-state index < -0.39 is 83.4 Å². The summed E-state index contributed by atoms with van der Waals surface area (Å²) < 4.78 is 73.5. The molecule has 0 fully saturated rings. The van der Waals surface area contributed by atoms with Gasteiger partial charge in [0.05, 0.1) is 87.1 Å². The van der Waals surface area contributed by atoms with Crippen molar-refractivity contribution in [3.8, 4) is 0 Å². The van der Waals surface area contributed by atoms with Crippen molar-refractivity contribution in [2.75, 3.05) is 277 Å². The normalized spacial score (nSPS) is 13.0. The van der Waals surface area contributed by atoms with Crippen LogP contribution in [0.1, 0.15) is 86.5 Å². The maximum Gasteiger partial charge on any atom is 0.309 e. The number of thiol groups is 2. The smallest absolute Gasteiger partial charge is 0.309 e. The van der Waals surface area contributed by atoms with Crippen molar-refractivity contribution in [3.05, 3.63) is 0 Å². The van der Waals surface area contributed by atoms with Crippen LogP contribution in [0.3, 0.4) is 0 Å². The molecule has 0 amide bonds.